The lowest BCUT2D eigenvalue weighted by Crippen LogP contribution is -2.43. The van der Waals surface area contributed by atoms with E-state index in [0.29, 0.717) is 18.7 Å². The first-order valence-corrected chi connectivity index (χ1v) is 7.03. The highest BCUT2D eigenvalue weighted by Gasteiger charge is 2.28. The fraction of sp³-hybridized carbons (Fsp3) is 0.533. The van der Waals surface area contributed by atoms with E-state index in [2.05, 4.69) is 0 Å². The van der Waals surface area contributed by atoms with Gasteiger partial charge in [-0.1, -0.05) is 18.6 Å². The van der Waals surface area contributed by atoms with Crippen LogP contribution in [0.15, 0.2) is 24.3 Å². The van der Waals surface area contributed by atoms with Crippen LogP contribution in [-0.4, -0.2) is 41.6 Å². The monoisotopic (exact) mass is 299 g/mol. The highest BCUT2D eigenvalue weighted by molar-refractivity contribution is 5.73. The van der Waals surface area contributed by atoms with Gasteiger partial charge in [0.15, 0.2) is 0 Å². The van der Waals surface area contributed by atoms with Crippen LogP contribution in [0.4, 0.5) is 8.78 Å². The molecule has 0 aliphatic carbocycles. The Morgan fingerprint density at radius 2 is 2.05 bits per heavy atom. The van der Waals surface area contributed by atoms with E-state index in [1.54, 1.807) is 24.3 Å². The van der Waals surface area contributed by atoms with Gasteiger partial charge in [-0.25, -0.2) is 8.78 Å². The molecule has 1 fully saturated rings. The normalized spacial score (nSPS) is 19.7. The Morgan fingerprint density at radius 1 is 1.33 bits per heavy atom. The number of ether oxygens (including phenoxy) is 1. The summed E-state index contributed by atoms with van der Waals surface area (Å²) in [5.41, 5.74) is 0.951. The summed E-state index contributed by atoms with van der Waals surface area (Å²) in [5, 5.41) is 9.22. The first-order chi connectivity index (χ1) is 10.1. The molecule has 1 heterocycles. The minimum Gasteiger partial charge on any atom is -0.488 e. The van der Waals surface area contributed by atoms with Gasteiger partial charge in [-0.15, -0.1) is 0 Å². The number of rotatable bonds is 6. The predicted octanol–water partition coefficient (Wildman–Crippen LogP) is 2.77. The number of carboxylic acids is 1. The Morgan fingerprint density at radius 3 is 2.67 bits per heavy atom. The Kier molecular flexibility index (Phi) is 5.50. The summed E-state index contributed by atoms with van der Waals surface area (Å²) in [7, 11) is 0. The van der Waals surface area contributed by atoms with E-state index < -0.39 is 25.0 Å². The van der Waals surface area contributed by atoms with Crippen LogP contribution in [0.2, 0.25) is 0 Å². The first-order valence-electron chi connectivity index (χ1n) is 7.03. The molecule has 1 saturated heterocycles. The van der Waals surface area contributed by atoms with E-state index in [1.807, 2.05) is 4.90 Å². The summed E-state index contributed by atoms with van der Waals surface area (Å²) in [4.78, 5) is 13.2. The zero-order valence-electron chi connectivity index (χ0n) is 11.7. The minimum absolute atomic E-state index is 0.396. The largest absolute Gasteiger partial charge is 0.488 e. The fourth-order valence-corrected chi connectivity index (χ4v) is 2.54. The molecule has 1 unspecified atom stereocenters. The number of carbonyl (C=O) groups is 1. The van der Waals surface area contributed by atoms with Crippen molar-refractivity contribution in [2.24, 2.45) is 0 Å². The third-order valence-electron chi connectivity index (χ3n) is 3.58. The fourth-order valence-electron chi connectivity index (χ4n) is 2.54. The average molecular weight is 299 g/mol. The summed E-state index contributed by atoms with van der Waals surface area (Å²) >= 11 is 0. The van der Waals surface area contributed by atoms with Crippen molar-refractivity contribution in [2.45, 2.75) is 38.3 Å². The van der Waals surface area contributed by atoms with Crippen molar-refractivity contribution in [2.75, 3.05) is 13.2 Å². The zero-order chi connectivity index (χ0) is 15.2. The van der Waals surface area contributed by atoms with Gasteiger partial charge >= 0.3 is 5.97 Å². The van der Waals surface area contributed by atoms with Crippen molar-refractivity contribution in [1.82, 2.24) is 4.90 Å². The van der Waals surface area contributed by atoms with Crippen LogP contribution < -0.4 is 4.74 Å². The second-order valence-electron chi connectivity index (χ2n) is 5.17. The van der Waals surface area contributed by atoms with Gasteiger partial charge in [-0.3, -0.25) is 9.69 Å². The van der Waals surface area contributed by atoms with Crippen LogP contribution in [0.1, 0.15) is 24.8 Å². The summed E-state index contributed by atoms with van der Waals surface area (Å²) in [5.74, 6) is -0.390. The maximum absolute atomic E-state index is 12.0. The number of aliphatic carboxylic acids is 1. The molecule has 6 heteroatoms. The molecule has 1 aliphatic rings. The second kappa shape index (κ2) is 7.36. The zero-order valence-corrected chi connectivity index (χ0v) is 11.7. The Balaban J connectivity index is 1.94. The number of alkyl halides is 2. The number of nitrogens with zero attached hydrogens (tertiary/aromatic N) is 1. The number of likely N-dealkylation sites (tertiary alicyclic amines) is 1. The van der Waals surface area contributed by atoms with Gasteiger partial charge in [0.1, 0.15) is 18.4 Å². The smallest absolute Gasteiger partial charge is 0.320 e. The first kappa shape index (κ1) is 15.7. The van der Waals surface area contributed by atoms with Gasteiger partial charge in [0.2, 0.25) is 0 Å². The highest BCUT2D eigenvalue weighted by Crippen LogP contribution is 2.21. The van der Waals surface area contributed by atoms with Crippen molar-refractivity contribution in [3.8, 4) is 5.75 Å². The number of piperidine rings is 1. The van der Waals surface area contributed by atoms with Gasteiger partial charge < -0.3 is 9.84 Å². The highest BCUT2D eigenvalue weighted by atomic mass is 19.3. The summed E-state index contributed by atoms with van der Waals surface area (Å²) in [6.45, 7) is 0.694. The van der Waals surface area contributed by atoms with Gasteiger partial charge in [0.25, 0.3) is 6.43 Å². The summed E-state index contributed by atoms with van der Waals surface area (Å²) in [6, 6.07) is 6.41. The second-order valence-corrected chi connectivity index (χ2v) is 5.17. The van der Waals surface area contributed by atoms with Crippen LogP contribution in [-0.2, 0) is 11.3 Å². The SMILES string of the molecule is O=C(O)C1CCCCN1Cc1ccc(OCC(F)F)cc1. The van der Waals surface area contributed by atoms with Crippen LogP contribution in [0.5, 0.6) is 5.75 Å². The lowest BCUT2D eigenvalue weighted by atomic mass is 10.0. The van der Waals surface area contributed by atoms with Gasteiger partial charge in [0.05, 0.1) is 0 Å². The van der Waals surface area contributed by atoms with Crippen LogP contribution >= 0.6 is 0 Å². The van der Waals surface area contributed by atoms with E-state index in [0.717, 1.165) is 24.9 Å². The van der Waals surface area contributed by atoms with E-state index in [4.69, 9.17) is 4.74 Å². The molecule has 0 aromatic heterocycles. The van der Waals surface area contributed by atoms with Crippen molar-refractivity contribution >= 4 is 5.97 Å². The molecule has 0 bridgehead atoms. The topological polar surface area (TPSA) is 49.8 Å². The maximum Gasteiger partial charge on any atom is 0.320 e. The van der Waals surface area contributed by atoms with Gasteiger partial charge in [-0.05, 0) is 37.1 Å². The number of hydrogen-bond acceptors (Lipinski definition) is 3. The van der Waals surface area contributed by atoms with Gasteiger partial charge in [0, 0.05) is 6.54 Å². The Bertz CT molecular complexity index is 464. The molecule has 0 amide bonds. The molecule has 1 N–H and O–H groups in total. The van der Waals surface area contributed by atoms with E-state index in [9.17, 15) is 18.7 Å². The molecule has 0 radical (unpaired) electrons. The van der Waals surface area contributed by atoms with Crippen molar-refractivity contribution in [3.63, 3.8) is 0 Å². The predicted molar refractivity (Wildman–Crippen MR) is 73.6 cm³/mol. The molecule has 1 aromatic rings. The molecule has 1 aromatic carbocycles. The minimum atomic E-state index is -2.49. The molecule has 0 saturated carbocycles. The molecular weight excluding hydrogens is 280 g/mol. The standard InChI is InChI=1S/C15H19F2NO3/c16-14(17)10-21-12-6-4-11(5-7-12)9-18-8-2-1-3-13(18)15(19)20/h4-7,13-14H,1-3,8-10H2,(H,19,20). The Hall–Kier alpha value is -1.69. The molecule has 1 aliphatic heterocycles. The third-order valence-corrected chi connectivity index (χ3v) is 3.58. The lowest BCUT2D eigenvalue weighted by molar-refractivity contribution is -0.144. The average Bonchev–Trinajstić information content (AvgIpc) is 2.47. The van der Waals surface area contributed by atoms with Crippen molar-refractivity contribution < 1.29 is 23.4 Å². The van der Waals surface area contributed by atoms with Gasteiger partial charge in [-0.2, -0.15) is 0 Å². The number of halogens is 2. The van der Waals surface area contributed by atoms with Crippen LogP contribution in [0.3, 0.4) is 0 Å². The molecule has 1 atom stereocenters. The quantitative estimate of drug-likeness (QED) is 0.877. The summed E-state index contributed by atoms with van der Waals surface area (Å²) in [6.07, 6.45) is 0.118. The number of carboxylic acid groups (broad SMARTS) is 1. The molecule has 0 spiro atoms. The van der Waals surface area contributed by atoms with Crippen LogP contribution in [0.25, 0.3) is 0 Å². The maximum atomic E-state index is 12.0. The number of hydrogen-bond donors (Lipinski definition) is 1. The van der Waals surface area contributed by atoms with E-state index >= 15 is 0 Å². The summed E-state index contributed by atoms with van der Waals surface area (Å²) < 4.78 is 29.0. The molecule has 116 valence electrons. The molecule has 21 heavy (non-hydrogen) atoms. The van der Waals surface area contributed by atoms with Crippen molar-refractivity contribution in [1.29, 1.82) is 0 Å². The molecule has 2 rings (SSSR count). The number of benzene rings is 1. The Labute approximate surface area is 122 Å². The molecule has 4 nitrogen and oxygen atoms in total. The van der Waals surface area contributed by atoms with Crippen molar-refractivity contribution in [3.05, 3.63) is 29.8 Å². The third kappa shape index (κ3) is 4.67. The van der Waals surface area contributed by atoms with Crippen LogP contribution in [0, 0.1) is 0 Å². The van der Waals surface area contributed by atoms with E-state index in [1.165, 1.54) is 0 Å². The van der Waals surface area contributed by atoms with E-state index in [-0.39, 0.29) is 0 Å². The lowest BCUT2D eigenvalue weighted by Gasteiger charge is -2.32. The molecular formula is C15H19F2NO3.